The minimum Gasteiger partial charge on any atom is -0.396 e. The van der Waals surface area contributed by atoms with E-state index >= 15 is 0 Å². The largest absolute Gasteiger partial charge is 0.396 e. The molecule has 1 aromatic heterocycles. The number of hydrogen-bond acceptors (Lipinski definition) is 7. The van der Waals surface area contributed by atoms with Crippen molar-refractivity contribution >= 4 is 17.4 Å². The predicted molar refractivity (Wildman–Crippen MR) is 84.4 cm³/mol. The minimum absolute atomic E-state index is 0.319. The fraction of sp³-hybridized carbons (Fsp3) is 0.312. The molecule has 1 saturated heterocycles. The number of amides is 1. The highest BCUT2D eigenvalue weighted by molar-refractivity contribution is 6.43. The van der Waals surface area contributed by atoms with E-state index in [1.165, 1.54) is 4.90 Å². The lowest BCUT2D eigenvalue weighted by Crippen LogP contribution is -2.53. The summed E-state index contributed by atoms with van der Waals surface area (Å²) in [7, 11) is 0. The molecule has 0 bridgehead atoms. The second kappa shape index (κ2) is 6.61. The number of rotatable bonds is 5. The van der Waals surface area contributed by atoms with E-state index < -0.39 is 11.7 Å². The molecule has 8 heteroatoms. The third kappa shape index (κ3) is 3.17. The molecule has 124 valence electrons. The van der Waals surface area contributed by atoms with Crippen LogP contribution >= 0.6 is 0 Å². The van der Waals surface area contributed by atoms with Crippen LogP contribution in [0, 0.1) is 6.92 Å². The second-order valence-electron chi connectivity index (χ2n) is 5.28. The topological polar surface area (TPSA) is 97.9 Å². The van der Waals surface area contributed by atoms with E-state index in [9.17, 15) is 9.59 Å². The number of carbonyl (C=O) groups is 2. The number of carbonyl (C=O) groups excluding carboxylic acids is 2. The molecule has 1 amide bonds. The van der Waals surface area contributed by atoms with Gasteiger partial charge >= 0.3 is 0 Å². The molecule has 3 rings (SSSR count). The predicted octanol–water partition coefficient (Wildman–Crippen LogP) is 1.46. The zero-order valence-electron chi connectivity index (χ0n) is 13.4. The van der Waals surface area contributed by atoms with Crippen LogP contribution in [0.5, 0.6) is 0 Å². The monoisotopic (exact) mass is 328 g/mol. The van der Waals surface area contributed by atoms with Gasteiger partial charge in [0.05, 0.1) is 18.8 Å². The quantitative estimate of drug-likeness (QED) is 0.468. The number of Topliss-reactive ketones (excluding diaryl/α,β-unsaturated/α-hetero) is 1. The number of nitrogens with zero attached hydrogens (tertiary/aromatic N) is 4. The molecule has 0 N–H and O–H groups in total. The van der Waals surface area contributed by atoms with E-state index in [2.05, 4.69) is 15.3 Å². The molecule has 24 heavy (non-hydrogen) atoms. The van der Waals surface area contributed by atoms with E-state index in [1.54, 1.807) is 31.2 Å². The van der Waals surface area contributed by atoms with Crippen LogP contribution in [0.2, 0.25) is 0 Å². The smallest absolute Gasteiger partial charge is 0.295 e. The molecule has 1 aliphatic rings. The Morgan fingerprint density at radius 1 is 1.29 bits per heavy atom. The summed E-state index contributed by atoms with van der Waals surface area (Å²) < 4.78 is 4.92. The number of hydrogen-bond donors (Lipinski definition) is 0. The fourth-order valence-corrected chi connectivity index (χ4v) is 2.21. The molecule has 1 aromatic carbocycles. The molecule has 1 fully saturated rings. The Hall–Kier alpha value is -3.03. The molecule has 0 saturated carbocycles. The van der Waals surface area contributed by atoms with Gasteiger partial charge in [0.25, 0.3) is 5.91 Å². The third-order valence-corrected chi connectivity index (χ3v) is 3.48. The summed E-state index contributed by atoms with van der Waals surface area (Å²) in [6, 6.07) is 6.53. The maximum atomic E-state index is 12.2. The van der Waals surface area contributed by atoms with Crippen molar-refractivity contribution in [1.29, 1.82) is 0 Å². The van der Waals surface area contributed by atoms with Crippen molar-refractivity contribution in [3.8, 4) is 11.4 Å². The maximum absolute atomic E-state index is 12.2. The molecule has 0 unspecified atom stereocenters. The Morgan fingerprint density at radius 2 is 2.00 bits per heavy atom. The molecule has 0 radical (unpaired) electrons. The Balaban J connectivity index is 1.64. The summed E-state index contributed by atoms with van der Waals surface area (Å²) in [4.78, 5) is 34.8. The SMILES string of the molecule is CCON=C1CN(C(=O)C(=O)c2ccc(-c3noc(C)n3)cc2)C1. The first kappa shape index (κ1) is 15.9. The molecule has 2 heterocycles. The van der Waals surface area contributed by atoms with Gasteiger partial charge < -0.3 is 14.3 Å². The first-order valence-corrected chi connectivity index (χ1v) is 7.50. The number of likely N-dealkylation sites (tertiary alicyclic amines) is 1. The summed E-state index contributed by atoms with van der Waals surface area (Å²) in [6.07, 6.45) is 0. The lowest BCUT2D eigenvalue weighted by molar-refractivity contribution is -0.126. The van der Waals surface area contributed by atoms with Crippen LogP contribution in [0.3, 0.4) is 0 Å². The van der Waals surface area contributed by atoms with Gasteiger partial charge in [-0.25, -0.2) is 0 Å². The van der Waals surface area contributed by atoms with E-state index in [0.717, 1.165) is 5.71 Å². The van der Waals surface area contributed by atoms with Gasteiger partial charge in [0, 0.05) is 18.1 Å². The zero-order valence-corrected chi connectivity index (χ0v) is 13.4. The van der Waals surface area contributed by atoms with Crippen LogP contribution in [0.15, 0.2) is 33.9 Å². The summed E-state index contributed by atoms with van der Waals surface area (Å²) in [5.74, 6) is -0.199. The number of benzene rings is 1. The van der Waals surface area contributed by atoms with Crippen molar-refractivity contribution < 1.29 is 18.9 Å². The van der Waals surface area contributed by atoms with Gasteiger partial charge in [-0.15, -0.1) is 0 Å². The number of aryl methyl sites for hydroxylation is 1. The van der Waals surface area contributed by atoms with E-state index in [-0.39, 0.29) is 0 Å². The number of ketones is 1. The van der Waals surface area contributed by atoms with E-state index in [0.29, 0.717) is 42.5 Å². The molecule has 1 aliphatic heterocycles. The first-order chi connectivity index (χ1) is 11.6. The van der Waals surface area contributed by atoms with Crippen LogP contribution in [0.4, 0.5) is 0 Å². The Morgan fingerprint density at radius 3 is 2.58 bits per heavy atom. The number of oxime groups is 1. The van der Waals surface area contributed by atoms with Gasteiger partial charge in [-0.1, -0.05) is 34.6 Å². The van der Waals surface area contributed by atoms with Gasteiger partial charge in [-0.2, -0.15) is 4.98 Å². The molecule has 8 nitrogen and oxygen atoms in total. The van der Waals surface area contributed by atoms with Crippen LogP contribution in [-0.2, 0) is 9.63 Å². The van der Waals surface area contributed by atoms with Crippen LogP contribution in [-0.4, -0.2) is 52.1 Å². The summed E-state index contributed by atoms with van der Waals surface area (Å²) in [6.45, 7) is 4.65. The standard InChI is InChI=1S/C16H16N4O4/c1-3-23-18-13-8-20(9-13)16(22)14(21)11-4-6-12(7-5-11)15-17-10(2)24-19-15/h4-7H,3,8-9H2,1-2H3. The highest BCUT2D eigenvalue weighted by Crippen LogP contribution is 2.17. The average Bonchev–Trinajstić information content (AvgIpc) is 2.99. The highest BCUT2D eigenvalue weighted by Gasteiger charge is 2.32. The lowest BCUT2D eigenvalue weighted by atomic mass is 10.0. The molecule has 0 aliphatic carbocycles. The van der Waals surface area contributed by atoms with Crippen molar-refractivity contribution in [1.82, 2.24) is 15.0 Å². The van der Waals surface area contributed by atoms with Gasteiger partial charge in [0.1, 0.15) is 6.61 Å². The van der Waals surface area contributed by atoms with Crippen LogP contribution in [0.25, 0.3) is 11.4 Å². The Bertz CT molecular complexity index is 787. The number of aromatic nitrogens is 2. The Kier molecular flexibility index (Phi) is 4.37. The molecular weight excluding hydrogens is 312 g/mol. The molecule has 0 atom stereocenters. The van der Waals surface area contributed by atoms with Gasteiger partial charge in [-0.05, 0) is 6.92 Å². The molecular formula is C16H16N4O4. The Labute approximate surface area is 138 Å². The lowest BCUT2D eigenvalue weighted by Gasteiger charge is -2.31. The van der Waals surface area contributed by atoms with E-state index in [4.69, 9.17) is 9.36 Å². The van der Waals surface area contributed by atoms with Crippen LogP contribution < -0.4 is 0 Å². The first-order valence-electron chi connectivity index (χ1n) is 7.50. The van der Waals surface area contributed by atoms with Crippen molar-refractivity contribution in [2.75, 3.05) is 19.7 Å². The fourth-order valence-electron chi connectivity index (χ4n) is 2.21. The summed E-state index contributed by atoms with van der Waals surface area (Å²) in [5, 5.41) is 7.66. The van der Waals surface area contributed by atoms with Crippen molar-refractivity contribution in [3.05, 3.63) is 35.7 Å². The van der Waals surface area contributed by atoms with Crippen molar-refractivity contribution in [2.24, 2.45) is 5.16 Å². The highest BCUT2D eigenvalue weighted by atomic mass is 16.6. The average molecular weight is 328 g/mol. The third-order valence-electron chi connectivity index (χ3n) is 3.48. The minimum atomic E-state index is -0.554. The van der Waals surface area contributed by atoms with Crippen molar-refractivity contribution in [2.45, 2.75) is 13.8 Å². The summed E-state index contributed by atoms with van der Waals surface area (Å²) in [5.41, 5.74) is 1.78. The van der Waals surface area contributed by atoms with Crippen LogP contribution in [0.1, 0.15) is 23.2 Å². The zero-order chi connectivity index (χ0) is 17.1. The molecule has 2 aromatic rings. The normalized spacial score (nSPS) is 13.4. The van der Waals surface area contributed by atoms with Crippen molar-refractivity contribution in [3.63, 3.8) is 0 Å². The van der Waals surface area contributed by atoms with Gasteiger partial charge in [-0.3, -0.25) is 9.59 Å². The van der Waals surface area contributed by atoms with E-state index in [1.807, 2.05) is 6.92 Å². The maximum Gasteiger partial charge on any atom is 0.295 e. The van der Waals surface area contributed by atoms with Gasteiger partial charge in [0.2, 0.25) is 17.5 Å². The summed E-state index contributed by atoms with van der Waals surface area (Å²) >= 11 is 0. The van der Waals surface area contributed by atoms with Gasteiger partial charge in [0.15, 0.2) is 0 Å². The second-order valence-corrected chi connectivity index (χ2v) is 5.28. The molecule has 0 spiro atoms.